The van der Waals surface area contributed by atoms with Crippen molar-refractivity contribution in [1.29, 1.82) is 0 Å². The van der Waals surface area contributed by atoms with E-state index in [2.05, 4.69) is 25.4 Å². The molecule has 0 aromatic carbocycles. The fraction of sp³-hybridized carbons (Fsp3) is 0.500. The van der Waals surface area contributed by atoms with Crippen LogP contribution in [0.3, 0.4) is 0 Å². The molecule has 1 nitrogen and oxygen atoms in total. The van der Waals surface area contributed by atoms with Crippen molar-refractivity contribution in [1.82, 2.24) is 0 Å². The van der Waals surface area contributed by atoms with Crippen LogP contribution in [0.2, 0.25) is 0 Å². The third-order valence-electron chi connectivity index (χ3n) is 1.41. The van der Waals surface area contributed by atoms with Crippen molar-refractivity contribution >= 4 is 5.71 Å². The minimum atomic E-state index is 1.11. The van der Waals surface area contributed by atoms with Gasteiger partial charge in [-0.2, -0.15) is 0 Å². The maximum atomic E-state index is 4.22. The lowest BCUT2D eigenvalue weighted by Gasteiger charge is -1.94. The van der Waals surface area contributed by atoms with Gasteiger partial charge >= 0.3 is 0 Å². The number of hydrogen-bond donors (Lipinski definition) is 0. The summed E-state index contributed by atoms with van der Waals surface area (Å²) >= 11 is 0. The van der Waals surface area contributed by atoms with Crippen molar-refractivity contribution < 1.29 is 0 Å². The van der Waals surface area contributed by atoms with Gasteiger partial charge in [-0.15, -0.1) is 0 Å². The number of allylic oxidation sites excluding steroid dienone is 2. The van der Waals surface area contributed by atoms with Crippen molar-refractivity contribution in [2.24, 2.45) is 4.99 Å². The number of rotatable bonds is 5. The van der Waals surface area contributed by atoms with Crippen molar-refractivity contribution in [2.45, 2.75) is 33.1 Å². The molecule has 0 saturated heterocycles. The van der Waals surface area contributed by atoms with Crippen molar-refractivity contribution in [3.63, 3.8) is 0 Å². The summed E-state index contributed by atoms with van der Waals surface area (Å²) in [4.78, 5) is 4.22. The minimum absolute atomic E-state index is 1.11. The first kappa shape index (κ1) is 10.2. The van der Waals surface area contributed by atoms with Gasteiger partial charge in [0, 0.05) is 11.9 Å². The van der Waals surface area contributed by atoms with E-state index >= 15 is 0 Å². The van der Waals surface area contributed by atoms with Crippen molar-refractivity contribution in [3.05, 3.63) is 24.9 Å². The van der Waals surface area contributed by atoms with E-state index in [1.807, 2.05) is 6.08 Å². The van der Waals surface area contributed by atoms with Gasteiger partial charge in [0.1, 0.15) is 0 Å². The molecule has 0 N–H and O–H groups in total. The Morgan fingerprint density at radius 3 is 2.82 bits per heavy atom. The largest absolute Gasteiger partial charge is 0.266 e. The van der Waals surface area contributed by atoms with E-state index in [-0.39, 0.29) is 0 Å². The minimum Gasteiger partial charge on any atom is -0.266 e. The fourth-order valence-electron chi connectivity index (χ4n) is 0.728. The zero-order valence-corrected chi connectivity index (χ0v) is 7.51. The molecule has 0 saturated carbocycles. The van der Waals surface area contributed by atoms with E-state index in [0.717, 1.165) is 6.42 Å². The van der Waals surface area contributed by atoms with Gasteiger partial charge in [-0.05, 0) is 25.8 Å². The Hall–Kier alpha value is -0.850. The summed E-state index contributed by atoms with van der Waals surface area (Å²) < 4.78 is 0. The number of nitrogens with zero attached hydrogens (tertiary/aromatic N) is 1. The zero-order valence-electron chi connectivity index (χ0n) is 7.51. The molecule has 0 spiro atoms. The molecule has 0 aromatic rings. The van der Waals surface area contributed by atoms with E-state index in [1.165, 1.54) is 18.6 Å². The Labute approximate surface area is 69.5 Å². The van der Waals surface area contributed by atoms with E-state index in [9.17, 15) is 0 Å². The van der Waals surface area contributed by atoms with Crippen LogP contribution in [0.1, 0.15) is 33.1 Å². The molecule has 11 heavy (non-hydrogen) atoms. The monoisotopic (exact) mass is 151 g/mol. The van der Waals surface area contributed by atoms with Gasteiger partial charge in [0.25, 0.3) is 0 Å². The average molecular weight is 151 g/mol. The van der Waals surface area contributed by atoms with E-state index < -0.39 is 0 Å². The van der Waals surface area contributed by atoms with Gasteiger partial charge < -0.3 is 0 Å². The summed E-state index contributed by atoms with van der Waals surface area (Å²) in [5.74, 6) is 0. The van der Waals surface area contributed by atoms with Crippen LogP contribution in [-0.4, -0.2) is 5.71 Å². The maximum absolute atomic E-state index is 4.22. The first-order valence-corrected chi connectivity index (χ1v) is 4.12. The lowest BCUT2D eigenvalue weighted by Crippen LogP contribution is -1.88. The molecule has 0 unspecified atom stereocenters. The molecular weight excluding hydrogens is 134 g/mol. The molecule has 0 aliphatic carbocycles. The Kier molecular flexibility index (Phi) is 6.70. The summed E-state index contributed by atoms with van der Waals surface area (Å²) in [7, 11) is 0. The normalized spacial score (nSPS) is 12.4. The van der Waals surface area contributed by atoms with Crippen LogP contribution in [0, 0.1) is 0 Å². The van der Waals surface area contributed by atoms with Crippen molar-refractivity contribution in [2.75, 3.05) is 0 Å². The number of unbranched alkanes of at least 4 members (excludes halogenated alkanes) is 1. The quantitative estimate of drug-likeness (QED) is 0.422. The highest BCUT2D eigenvalue weighted by atomic mass is 14.7. The Bertz CT molecular complexity index is 154. The summed E-state index contributed by atoms with van der Waals surface area (Å²) in [6.07, 6.45) is 8.94. The number of hydrogen-bond acceptors (Lipinski definition) is 1. The van der Waals surface area contributed by atoms with E-state index in [0.29, 0.717) is 0 Å². The van der Waals surface area contributed by atoms with Crippen molar-refractivity contribution in [3.8, 4) is 0 Å². The van der Waals surface area contributed by atoms with E-state index in [1.54, 1.807) is 12.3 Å². The van der Waals surface area contributed by atoms with Gasteiger partial charge in [0.05, 0.1) is 0 Å². The topological polar surface area (TPSA) is 12.4 Å². The lowest BCUT2D eigenvalue weighted by molar-refractivity contribution is 0.833. The number of aliphatic imine (C=N–C) groups is 1. The third-order valence-corrected chi connectivity index (χ3v) is 1.41. The Balaban J connectivity index is 3.61. The van der Waals surface area contributed by atoms with Gasteiger partial charge in [-0.3, -0.25) is 4.99 Å². The summed E-state index contributed by atoms with van der Waals surface area (Å²) in [6.45, 7) is 7.81. The molecular formula is C10H17N. The second-order valence-electron chi connectivity index (χ2n) is 2.55. The van der Waals surface area contributed by atoms with Gasteiger partial charge in [0.15, 0.2) is 0 Å². The standard InChI is InChI=1S/C10H17N/c1-4-6-8-10(3)11-9-7-5-2/h5,7,9H,2,4,6,8H2,1,3H3/b9-7-,11-10-. The fourth-order valence-corrected chi connectivity index (χ4v) is 0.728. The van der Waals surface area contributed by atoms with Gasteiger partial charge in [0.2, 0.25) is 0 Å². The average Bonchev–Trinajstić information content (AvgIpc) is 2.01. The lowest BCUT2D eigenvalue weighted by atomic mass is 10.2. The Morgan fingerprint density at radius 1 is 1.55 bits per heavy atom. The second-order valence-corrected chi connectivity index (χ2v) is 2.55. The molecule has 0 heterocycles. The summed E-state index contributed by atoms with van der Waals surface area (Å²) in [5.41, 5.74) is 1.20. The summed E-state index contributed by atoms with van der Waals surface area (Å²) in [5, 5.41) is 0. The highest BCUT2D eigenvalue weighted by Gasteiger charge is 1.86. The molecule has 0 radical (unpaired) electrons. The maximum Gasteiger partial charge on any atom is 0.0266 e. The molecule has 0 rings (SSSR count). The molecule has 0 bridgehead atoms. The second kappa shape index (κ2) is 7.26. The first-order valence-electron chi connectivity index (χ1n) is 4.12. The molecule has 0 fully saturated rings. The molecule has 1 heteroatoms. The zero-order chi connectivity index (χ0) is 8.53. The van der Waals surface area contributed by atoms with E-state index in [4.69, 9.17) is 0 Å². The van der Waals surface area contributed by atoms with Gasteiger partial charge in [-0.1, -0.05) is 26.0 Å². The highest BCUT2D eigenvalue weighted by molar-refractivity contribution is 5.82. The summed E-state index contributed by atoms with van der Waals surface area (Å²) in [6, 6.07) is 0. The van der Waals surface area contributed by atoms with Crippen LogP contribution in [0.4, 0.5) is 0 Å². The molecule has 0 aliphatic heterocycles. The molecule has 0 amide bonds. The molecule has 0 aromatic heterocycles. The van der Waals surface area contributed by atoms with Crippen LogP contribution in [0.5, 0.6) is 0 Å². The predicted octanol–water partition coefficient (Wildman–Crippen LogP) is 3.34. The molecule has 62 valence electrons. The molecule has 0 atom stereocenters. The molecule has 0 aliphatic rings. The SMILES string of the molecule is C=C/C=C\N=C(\C)CCCC. The highest BCUT2D eigenvalue weighted by Crippen LogP contribution is 1.96. The predicted molar refractivity (Wildman–Crippen MR) is 52.0 cm³/mol. The van der Waals surface area contributed by atoms with Crippen LogP contribution in [0.25, 0.3) is 0 Å². The Morgan fingerprint density at radius 2 is 2.27 bits per heavy atom. The van der Waals surface area contributed by atoms with Gasteiger partial charge in [-0.25, -0.2) is 0 Å². The van der Waals surface area contributed by atoms with Crippen LogP contribution >= 0.6 is 0 Å². The van der Waals surface area contributed by atoms with Crippen LogP contribution in [-0.2, 0) is 0 Å². The van der Waals surface area contributed by atoms with Crippen LogP contribution < -0.4 is 0 Å². The smallest absolute Gasteiger partial charge is 0.0266 e. The first-order chi connectivity index (χ1) is 5.31. The van der Waals surface area contributed by atoms with Crippen LogP contribution in [0.15, 0.2) is 29.9 Å². The third kappa shape index (κ3) is 7.04.